The zero-order chi connectivity index (χ0) is 91.5. The van der Waals surface area contributed by atoms with E-state index < -0.39 is 17.9 Å². The lowest BCUT2D eigenvalue weighted by atomic mass is 10.1. The lowest BCUT2D eigenvalue weighted by Crippen LogP contribution is -2.15. The van der Waals surface area contributed by atoms with Gasteiger partial charge >= 0.3 is 17.9 Å². The Morgan fingerprint density at radius 1 is 0.159 bits per heavy atom. The van der Waals surface area contributed by atoms with E-state index >= 15 is 0 Å². The zero-order valence-corrected chi connectivity index (χ0v) is 75.1. The first-order valence-electron chi connectivity index (χ1n) is 44.6. The standard InChI is InChI=1S/C96H126O36/c97-94(130-73-76-58-88-70-89(59-76)125-53-41-113-29-17-101-11-23-107-35-47-119-83-5-1-4-82(67-83)118-46-34-106-22-10-100-16-28-112-40-52-124-88)79-64-80(95(98)131-74-77-60-90-71-91(61-77)127-55-43-115-31-19-103-13-25-109-37-49-121-85-7-2-6-84(68-85)120-48-36-108-24-12-102-18-30-114-42-54-126-90)66-81(65-79)96(99)132-75-78-62-92-72-93(63-78)129-57-45-117-33-21-105-15-27-111-39-51-123-87-9-3-8-86(69-87)122-50-38-110-26-14-104-20-32-116-44-56-128-92/h1-9,58-72H,10-57,73-75H2. The van der Waals surface area contributed by atoms with Crippen molar-refractivity contribution in [3.05, 3.63) is 179 Å². The Hall–Kier alpha value is -10.2. The van der Waals surface area contributed by atoms with Crippen LogP contribution in [0.15, 0.2) is 146 Å². The van der Waals surface area contributed by atoms with Gasteiger partial charge in [0.25, 0.3) is 0 Å². The molecule has 0 fully saturated rings. The van der Waals surface area contributed by atoms with E-state index in [1.807, 2.05) is 72.8 Å². The third kappa shape index (κ3) is 46.5. The number of fused-ring (bicyclic) bond motifs is 12. The highest BCUT2D eigenvalue weighted by molar-refractivity contribution is 6.00. The summed E-state index contributed by atoms with van der Waals surface area (Å²) in [6.45, 7) is 13.2. The summed E-state index contributed by atoms with van der Waals surface area (Å²) >= 11 is 0. The lowest BCUT2D eigenvalue weighted by Gasteiger charge is -2.15. The van der Waals surface area contributed by atoms with Crippen LogP contribution in [0.3, 0.4) is 0 Å². The molecule has 10 rings (SSSR count). The number of ether oxygens (including phenoxy) is 33. The molecular formula is C96H126O36. The van der Waals surface area contributed by atoms with Crippen LogP contribution in [0.4, 0.5) is 0 Å². The first-order valence-corrected chi connectivity index (χ1v) is 44.6. The Bertz CT molecular complexity index is 3650. The molecule has 7 aromatic rings. The molecule has 0 atom stereocenters. The summed E-state index contributed by atoms with van der Waals surface area (Å²) in [5.41, 5.74) is 0.783. The Kier molecular flexibility index (Phi) is 52.8. The number of benzene rings is 7. The van der Waals surface area contributed by atoms with Crippen LogP contribution in [0, 0.1) is 0 Å². The molecule has 3 aliphatic rings. The fraction of sp³-hybridized carbons (Fsp3) is 0.531. The molecule has 3 heterocycles. The van der Waals surface area contributed by atoms with Gasteiger partial charge in [-0.3, -0.25) is 0 Å². The van der Waals surface area contributed by atoms with Crippen LogP contribution in [-0.4, -0.2) is 335 Å². The molecule has 0 aromatic heterocycles. The van der Waals surface area contributed by atoms with Crippen LogP contribution in [-0.2, 0) is 119 Å². The normalized spacial score (nSPS) is 18.3. The van der Waals surface area contributed by atoms with Crippen LogP contribution in [0.25, 0.3) is 0 Å². The number of rotatable bonds is 9. The van der Waals surface area contributed by atoms with Crippen LogP contribution in [0.5, 0.6) is 69.0 Å². The van der Waals surface area contributed by atoms with Gasteiger partial charge in [0.15, 0.2) is 0 Å². The quantitative estimate of drug-likeness (QED) is 0.0957. The van der Waals surface area contributed by atoms with Crippen molar-refractivity contribution in [2.24, 2.45) is 0 Å². The van der Waals surface area contributed by atoms with Crippen molar-refractivity contribution >= 4 is 17.9 Å². The number of hydrogen-bond acceptors (Lipinski definition) is 36. The molecular weight excluding hydrogens is 1730 g/mol. The minimum absolute atomic E-state index is 0.137. The maximum atomic E-state index is 14.6. The van der Waals surface area contributed by atoms with E-state index in [0.717, 1.165) is 0 Å². The summed E-state index contributed by atoms with van der Waals surface area (Å²) in [5, 5.41) is 0. The van der Waals surface area contributed by atoms with Crippen molar-refractivity contribution in [2.45, 2.75) is 19.8 Å². The SMILES string of the molecule is O=C(OCc1cc2cc(c1)OCCOCCOCCOCCOc1cccc(c1)OCCOCCOCCOCCO2)c1cc(C(=O)OCc2cc3cc(c2)OCCOCCOCCOCCOc2cccc(c2)OCCOCCOCCOCCO3)cc(C(=O)OCc2cc3cc(c2)OCCOCCOCCOCCOc2cccc(c2)OCCOCCOCCOCCO3)c1. The summed E-state index contributed by atoms with van der Waals surface area (Å²) in [4.78, 5) is 43.9. The summed E-state index contributed by atoms with van der Waals surface area (Å²) in [5.74, 6) is 3.45. The largest absolute Gasteiger partial charge is 0.491 e. The predicted molar refractivity (Wildman–Crippen MR) is 473 cm³/mol. The predicted octanol–water partition coefficient (Wildman–Crippen LogP) is 9.74. The second kappa shape index (κ2) is 67.1. The third-order valence-corrected chi connectivity index (χ3v) is 18.4. The molecule has 0 saturated heterocycles. The van der Waals surface area contributed by atoms with Gasteiger partial charge in [0.2, 0.25) is 0 Å². The molecule has 36 nitrogen and oxygen atoms in total. The van der Waals surface area contributed by atoms with E-state index in [2.05, 4.69) is 0 Å². The Morgan fingerprint density at radius 3 is 0.424 bits per heavy atom. The summed E-state index contributed by atoms with van der Waals surface area (Å²) in [6, 6.07) is 41.1. The van der Waals surface area contributed by atoms with Gasteiger partial charge in [-0.2, -0.15) is 0 Å². The third-order valence-electron chi connectivity index (χ3n) is 18.4. The van der Waals surface area contributed by atoms with E-state index in [4.69, 9.17) is 156 Å². The minimum atomic E-state index is -0.920. The van der Waals surface area contributed by atoms with Gasteiger partial charge in [-0.05, 0) is 108 Å². The smallest absolute Gasteiger partial charge is 0.338 e. The van der Waals surface area contributed by atoms with Crippen LogP contribution >= 0.6 is 0 Å². The molecule has 0 unspecified atom stereocenters. The van der Waals surface area contributed by atoms with Gasteiger partial charge < -0.3 is 156 Å². The second-order valence-electron chi connectivity index (χ2n) is 28.6. The first-order chi connectivity index (χ1) is 65.3. The molecule has 726 valence electrons. The topological polar surface area (TPSA) is 356 Å². The monoisotopic (exact) mass is 1850 g/mol. The molecule has 0 aliphatic carbocycles. The second-order valence-corrected chi connectivity index (χ2v) is 28.6. The summed E-state index contributed by atoms with van der Waals surface area (Å²) < 4.78 is 194. The fourth-order valence-corrected chi connectivity index (χ4v) is 12.2. The maximum absolute atomic E-state index is 14.6. The molecule has 36 heteroatoms. The summed E-state index contributed by atoms with van der Waals surface area (Å²) in [7, 11) is 0. The highest BCUT2D eigenvalue weighted by Crippen LogP contribution is 2.30. The van der Waals surface area contributed by atoms with Crippen LogP contribution in [0.2, 0.25) is 0 Å². The van der Waals surface area contributed by atoms with Crippen molar-refractivity contribution in [3.63, 3.8) is 0 Å². The molecule has 0 saturated carbocycles. The Labute approximate surface area is 770 Å². The molecule has 12 bridgehead atoms. The van der Waals surface area contributed by atoms with Crippen LogP contribution < -0.4 is 56.8 Å². The van der Waals surface area contributed by atoms with Crippen LogP contribution in [0.1, 0.15) is 47.8 Å². The molecule has 0 spiro atoms. The first kappa shape index (κ1) is 104. The molecule has 132 heavy (non-hydrogen) atoms. The van der Waals surface area contributed by atoms with Crippen molar-refractivity contribution < 1.29 is 171 Å². The van der Waals surface area contributed by atoms with E-state index in [9.17, 15) is 14.4 Å². The molecule has 0 N–H and O–H groups in total. The summed E-state index contributed by atoms with van der Waals surface area (Å²) in [6.07, 6.45) is 0. The molecule has 0 amide bonds. The van der Waals surface area contributed by atoms with Gasteiger partial charge in [-0.25, -0.2) is 14.4 Å². The highest BCUT2D eigenvalue weighted by Gasteiger charge is 2.22. The van der Waals surface area contributed by atoms with Gasteiger partial charge in [0.1, 0.15) is 168 Å². The van der Waals surface area contributed by atoms with Gasteiger partial charge in [-0.1, -0.05) is 18.2 Å². The van der Waals surface area contributed by atoms with E-state index in [1.165, 1.54) is 18.2 Å². The number of carbonyl (C=O) groups excluding carboxylic acids is 3. The maximum Gasteiger partial charge on any atom is 0.338 e. The van der Waals surface area contributed by atoms with Crippen molar-refractivity contribution in [1.29, 1.82) is 0 Å². The minimum Gasteiger partial charge on any atom is -0.491 e. The number of hydrogen-bond donors (Lipinski definition) is 0. The Balaban J connectivity index is 0.800. The average molecular weight is 1860 g/mol. The average Bonchev–Trinajstić information content (AvgIpc) is 0.815. The van der Waals surface area contributed by atoms with E-state index in [-0.39, 0.29) is 116 Å². The molecule has 3 aliphatic heterocycles. The van der Waals surface area contributed by atoms with Crippen molar-refractivity contribution in [2.75, 3.05) is 317 Å². The van der Waals surface area contributed by atoms with Crippen molar-refractivity contribution in [1.82, 2.24) is 0 Å². The molecule has 7 aromatic carbocycles. The number of esters is 3. The number of carbonyl (C=O) groups is 3. The van der Waals surface area contributed by atoms with Gasteiger partial charge in [-0.15, -0.1) is 0 Å². The Morgan fingerprint density at radius 2 is 0.280 bits per heavy atom. The lowest BCUT2D eigenvalue weighted by molar-refractivity contribution is 0.00432. The fourth-order valence-electron chi connectivity index (χ4n) is 12.2. The van der Waals surface area contributed by atoms with Crippen molar-refractivity contribution in [3.8, 4) is 69.0 Å². The van der Waals surface area contributed by atoms with Gasteiger partial charge in [0.05, 0.1) is 255 Å². The van der Waals surface area contributed by atoms with Gasteiger partial charge in [0, 0.05) is 36.4 Å². The van der Waals surface area contributed by atoms with E-state index in [0.29, 0.717) is 324 Å². The zero-order valence-electron chi connectivity index (χ0n) is 75.1. The van der Waals surface area contributed by atoms with E-state index in [1.54, 1.807) is 54.6 Å². The molecule has 0 radical (unpaired) electrons. The highest BCUT2D eigenvalue weighted by atomic mass is 16.6.